The number of carboxylic acid groups (broad SMARTS) is 2. The zero-order chi connectivity index (χ0) is 29.8. The fraction of sp³-hybridized carbons (Fsp3) is 0.643. The molecule has 226 valence electrons. The molecule has 0 spiro atoms. The molecule has 1 aliphatic carbocycles. The maximum absolute atomic E-state index is 13.8. The van der Waals surface area contributed by atoms with Crippen molar-refractivity contribution >= 4 is 23.8 Å². The molecule has 1 aromatic rings. The Balaban J connectivity index is 1.47. The van der Waals surface area contributed by atoms with E-state index in [1.165, 1.54) is 4.90 Å². The van der Waals surface area contributed by atoms with E-state index in [-0.39, 0.29) is 24.8 Å². The summed E-state index contributed by atoms with van der Waals surface area (Å²) in [5.74, 6) is -4.15. The lowest BCUT2D eigenvalue weighted by atomic mass is 9.84. The second-order valence-electron chi connectivity index (χ2n) is 11.1. The summed E-state index contributed by atoms with van der Waals surface area (Å²) in [6.45, 7) is 1.54. The van der Waals surface area contributed by atoms with Gasteiger partial charge in [0, 0.05) is 6.04 Å². The minimum atomic E-state index is -1.94. The van der Waals surface area contributed by atoms with Crippen molar-refractivity contribution in [3.63, 3.8) is 0 Å². The number of aliphatic hydroxyl groups excluding tert-OH is 3. The summed E-state index contributed by atoms with van der Waals surface area (Å²) in [5.41, 5.74) is 0.960. The lowest BCUT2D eigenvalue weighted by Gasteiger charge is -2.39. The van der Waals surface area contributed by atoms with Crippen LogP contribution in [0.5, 0.6) is 0 Å². The molecule has 13 nitrogen and oxygen atoms in total. The van der Waals surface area contributed by atoms with Gasteiger partial charge in [0.15, 0.2) is 6.10 Å². The fourth-order valence-electron chi connectivity index (χ4n) is 6.16. The number of fused-ring (bicyclic) bond motifs is 1. The Kier molecular flexibility index (Phi) is 9.97. The van der Waals surface area contributed by atoms with Gasteiger partial charge in [-0.05, 0) is 50.5 Å². The van der Waals surface area contributed by atoms with Crippen LogP contribution in [0.2, 0.25) is 0 Å². The molecule has 41 heavy (non-hydrogen) atoms. The van der Waals surface area contributed by atoms with E-state index in [2.05, 4.69) is 5.32 Å². The first kappa shape index (κ1) is 30.8. The Morgan fingerprint density at radius 3 is 2.37 bits per heavy atom. The minimum Gasteiger partial charge on any atom is -0.480 e. The number of aliphatic carboxylic acids is 2. The van der Waals surface area contributed by atoms with Gasteiger partial charge >= 0.3 is 17.9 Å². The second-order valence-corrected chi connectivity index (χ2v) is 11.1. The van der Waals surface area contributed by atoms with Crippen LogP contribution in [0.4, 0.5) is 0 Å². The van der Waals surface area contributed by atoms with Gasteiger partial charge in [0.2, 0.25) is 12.2 Å². The molecule has 6 N–H and O–H groups in total. The van der Waals surface area contributed by atoms with Crippen LogP contribution in [0.25, 0.3) is 0 Å². The summed E-state index contributed by atoms with van der Waals surface area (Å²) in [4.78, 5) is 52.0. The van der Waals surface area contributed by atoms with Gasteiger partial charge < -0.3 is 39.9 Å². The number of aryl methyl sites for hydroxylation is 1. The Labute approximate surface area is 237 Å². The molecule has 3 aliphatic rings. The number of hydrogen-bond donors (Lipinski definition) is 6. The van der Waals surface area contributed by atoms with Gasteiger partial charge in [-0.1, -0.05) is 43.2 Å². The highest BCUT2D eigenvalue weighted by Gasteiger charge is 2.52. The summed E-state index contributed by atoms with van der Waals surface area (Å²) in [7, 11) is 0. The Bertz CT molecular complexity index is 1100. The molecule has 2 saturated heterocycles. The smallest absolute Gasteiger partial charge is 0.335 e. The number of hydrogen-bond acceptors (Lipinski definition) is 10. The Morgan fingerprint density at radius 1 is 1.02 bits per heavy atom. The number of esters is 1. The van der Waals surface area contributed by atoms with Gasteiger partial charge in [-0.25, -0.2) is 9.59 Å². The predicted octanol–water partition coefficient (Wildman–Crippen LogP) is -0.354. The first-order valence-corrected chi connectivity index (χ1v) is 14.0. The van der Waals surface area contributed by atoms with Crippen molar-refractivity contribution in [1.29, 1.82) is 0 Å². The van der Waals surface area contributed by atoms with E-state index in [0.717, 1.165) is 24.8 Å². The largest absolute Gasteiger partial charge is 0.480 e. The molecule has 1 saturated carbocycles. The first-order chi connectivity index (χ1) is 19.5. The maximum Gasteiger partial charge on any atom is 0.335 e. The number of amides is 1. The van der Waals surface area contributed by atoms with Gasteiger partial charge in [-0.2, -0.15) is 0 Å². The molecule has 0 aromatic heterocycles. The van der Waals surface area contributed by atoms with Gasteiger partial charge in [0.05, 0.1) is 6.04 Å². The highest BCUT2D eigenvalue weighted by atomic mass is 16.7. The number of ether oxygens (including phenoxy) is 2. The van der Waals surface area contributed by atoms with Crippen molar-refractivity contribution < 1.29 is 54.2 Å². The van der Waals surface area contributed by atoms with Gasteiger partial charge in [0.25, 0.3) is 0 Å². The summed E-state index contributed by atoms with van der Waals surface area (Å²) in [6, 6.07) is 6.04. The van der Waals surface area contributed by atoms with Crippen molar-refractivity contribution in [1.82, 2.24) is 10.2 Å². The minimum absolute atomic E-state index is 0.00202. The van der Waals surface area contributed by atoms with Gasteiger partial charge in [-0.3, -0.25) is 14.9 Å². The van der Waals surface area contributed by atoms with E-state index in [9.17, 15) is 44.7 Å². The standard InChI is InChI=1S/C28H38N2O11/c1-14(29-17(25(35)36)12-11-15-7-3-2-4-8-15)24(34)30-18-10-6-5-9-16(18)13-19(30)27(39)41-28-22(33)20(31)21(32)23(40-28)26(37)38/h2-4,7-8,14,16-23,28-29,31-33H,5-6,9-13H2,1H3,(H,35,36)(H,37,38)/t14-,16+,17-,18-,19-,20?,21+,22?,23?,28+/m0/s1. The van der Waals surface area contributed by atoms with E-state index in [1.807, 2.05) is 30.3 Å². The topological polar surface area (TPSA) is 203 Å². The van der Waals surface area contributed by atoms with E-state index in [0.29, 0.717) is 12.8 Å². The first-order valence-electron chi connectivity index (χ1n) is 14.0. The summed E-state index contributed by atoms with van der Waals surface area (Å²) >= 11 is 0. The number of nitrogens with zero attached hydrogens (tertiary/aromatic N) is 1. The van der Waals surface area contributed by atoms with E-state index in [4.69, 9.17) is 9.47 Å². The zero-order valence-electron chi connectivity index (χ0n) is 22.7. The molecule has 13 heteroatoms. The molecule has 10 atom stereocenters. The highest BCUT2D eigenvalue weighted by molar-refractivity contribution is 5.89. The number of rotatable bonds is 10. The summed E-state index contributed by atoms with van der Waals surface area (Å²) in [5, 5.41) is 52.3. The third kappa shape index (κ3) is 6.87. The van der Waals surface area contributed by atoms with Crippen LogP contribution in [-0.2, 0) is 35.1 Å². The molecule has 3 fully saturated rings. The molecular formula is C28H38N2O11. The number of aliphatic hydroxyl groups is 3. The van der Waals surface area contributed by atoms with Crippen molar-refractivity contribution in [3.05, 3.63) is 35.9 Å². The lowest BCUT2D eigenvalue weighted by Crippen LogP contribution is -2.61. The number of carbonyl (C=O) groups is 4. The van der Waals surface area contributed by atoms with Crippen LogP contribution < -0.4 is 5.32 Å². The highest BCUT2D eigenvalue weighted by Crippen LogP contribution is 2.41. The number of benzene rings is 1. The third-order valence-electron chi connectivity index (χ3n) is 8.34. The van der Waals surface area contributed by atoms with E-state index in [1.54, 1.807) is 6.92 Å². The molecule has 4 rings (SSSR count). The van der Waals surface area contributed by atoms with Crippen LogP contribution in [-0.4, -0.2) is 109 Å². The number of likely N-dealkylation sites (tertiary alicyclic amines) is 1. The molecular weight excluding hydrogens is 540 g/mol. The van der Waals surface area contributed by atoms with Crippen molar-refractivity contribution in [2.75, 3.05) is 0 Å². The number of nitrogens with one attached hydrogen (secondary N) is 1. The van der Waals surface area contributed by atoms with Crippen molar-refractivity contribution in [2.45, 2.75) is 107 Å². The summed E-state index contributed by atoms with van der Waals surface area (Å²) in [6.07, 6.45) is -5.43. The number of carboxylic acids is 2. The zero-order valence-corrected chi connectivity index (χ0v) is 22.7. The predicted molar refractivity (Wildman–Crippen MR) is 140 cm³/mol. The quantitative estimate of drug-likeness (QED) is 0.197. The Morgan fingerprint density at radius 2 is 1.71 bits per heavy atom. The molecule has 1 aromatic carbocycles. The van der Waals surface area contributed by atoms with Crippen LogP contribution >= 0.6 is 0 Å². The molecule has 0 radical (unpaired) electrons. The van der Waals surface area contributed by atoms with Gasteiger partial charge in [-0.15, -0.1) is 0 Å². The molecule has 0 bridgehead atoms. The second kappa shape index (κ2) is 13.3. The normalized spacial score (nSPS) is 32.9. The third-order valence-corrected chi connectivity index (χ3v) is 8.34. The average molecular weight is 579 g/mol. The monoisotopic (exact) mass is 578 g/mol. The average Bonchev–Trinajstić information content (AvgIpc) is 3.35. The van der Waals surface area contributed by atoms with Crippen LogP contribution in [0.1, 0.15) is 51.0 Å². The van der Waals surface area contributed by atoms with E-state index < -0.39 is 72.6 Å². The summed E-state index contributed by atoms with van der Waals surface area (Å²) < 4.78 is 10.4. The number of carbonyl (C=O) groups excluding carboxylic acids is 2. The molecule has 1 amide bonds. The van der Waals surface area contributed by atoms with Crippen LogP contribution in [0, 0.1) is 5.92 Å². The van der Waals surface area contributed by atoms with E-state index >= 15 is 0 Å². The Hall–Kier alpha value is -3.10. The van der Waals surface area contributed by atoms with Crippen molar-refractivity contribution in [2.24, 2.45) is 5.92 Å². The molecule has 2 heterocycles. The SMILES string of the molecule is C[C@H](N[C@@H](CCc1ccccc1)C(=O)O)C(=O)N1[C@H](C(=O)O[C@H]2OC(C(=O)O)[C@H](O)C(O)C2O)C[C@H]2CCCC[C@@H]21. The van der Waals surface area contributed by atoms with Gasteiger partial charge in [0.1, 0.15) is 30.4 Å². The van der Waals surface area contributed by atoms with Crippen LogP contribution in [0.3, 0.4) is 0 Å². The molecule has 3 unspecified atom stereocenters. The van der Waals surface area contributed by atoms with Crippen molar-refractivity contribution in [3.8, 4) is 0 Å². The maximum atomic E-state index is 13.8. The lowest BCUT2D eigenvalue weighted by molar-refractivity contribution is -0.287. The fourth-order valence-corrected chi connectivity index (χ4v) is 6.16. The molecule has 2 aliphatic heterocycles. The van der Waals surface area contributed by atoms with Crippen LogP contribution in [0.15, 0.2) is 30.3 Å².